The Labute approximate surface area is 202 Å². The third-order valence-corrected chi connectivity index (χ3v) is 6.82. The molecule has 0 saturated carbocycles. The summed E-state index contributed by atoms with van der Waals surface area (Å²) in [5.74, 6) is 0.159. The van der Waals surface area contributed by atoms with E-state index < -0.39 is 35.7 Å². The molecule has 0 spiro atoms. The van der Waals surface area contributed by atoms with E-state index in [1.165, 1.54) is 4.90 Å². The Balaban J connectivity index is 1.63. The van der Waals surface area contributed by atoms with Crippen molar-refractivity contribution in [2.45, 2.75) is 44.1 Å². The molecular formula is C24H24F6N4O2. The number of benzene rings is 1. The van der Waals surface area contributed by atoms with Crippen LogP contribution in [-0.2, 0) is 23.5 Å². The van der Waals surface area contributed by atoms with Crippen molar-refractivity contribution in [3.8, 4) is 5.75 Å². The van der Waals surface area contributed by atoms with E-state index in [0.29, 0.717) is 31.8 Å². The van der Waals surface area contributed by atoms with Crippen molar-refractivity contribution >= 4 is 16.9 Å². The molecule has 0 bridgehead atoms. The second-order valence-corrected chi connectivity index (χ2v) is 9.14. The van der Waals surface area contributed by atoms with Gasteiger partial charge in [-0.3, -0.25) is 0 Å². The predicted octanol–water partition coefficient (Wildman–Crippen LogP) is 5.92. The molecule has 12 heteroatoms. The van der Waals surface area contributed by atoms with E-state index in [-0.39, 0.29) is 18.5 Å². The first kappa shape index (κ1) is 24.7. The van der Waals surface area contributed by atoms with Gasteiger partial charge in [0.15, 0.2) is 11.4 Å². The smallest absolute Gasteiger partial charge is 0.433 e. The second kappa shape index (κ2) is 9.13. The van der Waals surface area contributed by atoms with Crippen LogP contribution in [0, 0.1) is 5.92 Å². The molecule has 1 aromatic carbocycles. The number of alkyl halides is 6. The Morgan fingerprint density at radius 2 is 1.81 bits per heavy atom. The number of ether oxygens (including phenoxy) is 2. The predicted molar refractivity (Wildman–Crippen MR) is 119 cm³/mol. The average molecular weight is 514 g/mol. The lowest BCUT2D eigenvalue weighted by atomic mass is 9.88. The molecule has 0 unspecified atom stereocenters. The molecule has 1 saturated heterocycles. The number of halogens is 6. The van der Waals surface area contributed by atoms with Gasteiger partial charge in [-0.25, -0.2) is 9.97 Å². The van der Waals surface area contributed by atoms with Crippen LogP contribution in [0.25, 0.3) is 10.9 Å². The van der Waals surface area contributed by atoms with Crippen molar-refractivity contribution in [2.24, 2.45) is 5.92 Å². The normalized spacial score (nSPS) is 21.0. The first-order chi connectivity index (χ1) is 17.0. The van der Waals surface area contributed by atoms with E-state index in [9.17, 15) is 26.3 Å². The van der Waals surface area contributed by atoms with Crippen LogP contribution in [0.5, 0.6) is 5.75 Å². The van der Waals surface area contributed by atoms with E-state index in [1.807, 2.05) is 12.1 Å². The number of fused-ring (bicyclic) bond motifs is 3. The molecule has 194 valence electrons. The third kappa shape index (κ3) is 4.70. The summed E-state index contributed by atoms with van der Waals surface area (Å²) in [7, 11) is 1.55. The Kier molecular flexibility index (Phi) is 6.26. The van der Waals surface area contributed by atoms with Gasteiger partial charge < -0.3 is 19.4 Å². The van der Waals surface area contributed by atoms with Crippen molar-refractivity contribution in [3.05, 3.63) is 46.9 Å². The van der Waals surface area contributed by atoms with Crippen LogP contribution >= 0.6 is 0 Å². The Morgan fingerprint density at radius 3 is 2.42 bits per heavy atom. The highest BCUT2D eigenvalue weighted by Crippen LogP contribution is 2.43. The lowest BCUT2D eigenvalue weighted by molar-refractivity contribution is -0.147. The van der Waals surface area contributed by atoms with E-state index in [4.69, 9.17) is 9.47 Å². The van der Waals surface area contributed by atoms with Gasteiger partial charge in [0, 0.05) is 36.4 Å². The minimum absolute atomic E-state index is 0.0436. The van der Waals surface area contributed by atoms with Gasteiger partial charge in [0.2, 0.25) is 5.95 Å². The van der Waals surface area contributed by atoms with Crippen molar-refractivity contribution in [2.75, 3.05) is 31.8 Å². The van der Waals surface area contributed by atoms with Crippen molar-refractivity contribution < 1.29 is 35.8 Å². The molecule has 0 amide bonds. The molecular weight excluding hydrogens is 490 g/mol. The first-order valence-electron chi connectivity index (χ1n) is 11.6. The van der Waals surface area contributed by atoms with Crippen LogP contribution in [-0.4, -0.2) is 41.8 Å². The molecule has 5 rings (SSSR count). The summed E-state index contributed by atoms with van der Waals surface area (Å²) in [6.45, 7) is 1.27. The van der Waals surface area contributed by atoms with Crippen LogP contribution < -0.4 is 9.64 Å². The zero-order chi connectivity index (χ0) is 25.7. The van der Waals surface area contributed by atoms with Crippen molar-refractivity contribution in [3.63, 3.8) is 0 Å². The van der Waals surface area contributed by atoms with Gasteiger partial charge in [-0.2, -0.15) is 26.3 Å². The fraction of sp³-hybridized carbons (Fsp3) is 0.500. The summed E-state index contributed by atoms with van der Waals surface area (Å²) in [4.78, 5) is 12.0. The number of hydrogen-bond acceptors (Lipinski definition) is 5. The average Bonchev–Trinajstić information content (AvgIpc) is 3.22. The molecule has 4 heterocycles. The molecule has 2 aliphatic heterocycles. The van der Waals surface area contributed by atoms with E-state index in [2.05, 4.69) is 15.0 Å². The zero-order valence-electron chi connectivity index (χ0n) is 19.3. The number of anilines is 1. The summed E-state index contributed by atoms with van der Waals surface area (Å²) in [6, 6.07) is 4.92. The largest absolute Gasteiger partial charge is 0.497 e. The zero-order valence-corrected chi connectivity index (χ0v) is 19.3. The molecule has 0 radical (unpaired) electrons. The number of rotatable bonds is 4. The van der Waals surface area contributed by atoms with Crippen LogP contribution in [0.1, 0.15) is 47.9 Å². The highest BCUT2D eigenvalue weighted by atomic mass is 19.4. The summed E-state index contributed by atoms with van der Waals surface area (Å²) < 4.78 is 92.0. The van der Waals surface area contributed by atoms with Gasteiger partial charge in [-0.15, -0.1) is 0 Å². The number of H-pyrrole nitrogens is 1. The van der Waals surface area contributed by atoms with Crippen molar-refractivity contribution in [1.29, 1.82) is 0 Å². The van der Waals surface area contributed by atoms with Crippen LogP contribution in [0.4, 0.5) is 32.3 Å². The Bertz CT molecular complexity index is 1220. The highest BCUT2D eigenvalue weighted by Gasteiger charge is 2.42. The van der Waals surface area contributed by atoms with Crippen LogP contribution in [0.3, 0.4) is 0 Å². The maximum atomic E-state index is 13.5. The highest BCUT2D eigenvalue weighted by molar-refractivity contribution is 5.87. The second-order valence-electron chi connectivity index (χ2n) is 9.14. The molecule has 36 heavy (non-hydrogen) atoms. The van der Waals surface area contributed by atoms with Crippen LogP contribution in [0.2, 0.25) is 0 Å². The van der Waals surface area contributed by atoms with Gasteiger partial charge in [-0.05, 0) is 61.4 Å². The number of nitrogens with one attached hydrogen (secondary N) is 1. The molecule has 2 atom stereocenters. The fourth-order valence-corrected chi connectivity index (χ4v) is 5.12. The molecule has 1 fully saturated rings. The summed E-state index contributed by atoms with van der Waals surface area (Å²) in [5, 5.41) is 0.912. The van der Waals surface area contributed by atoms with Gasteiger partial charge >= 0.3 is 12.4 Å². The Hall–Kier alpha value is -3.02. The van der Waals surface area contributed by atoms with Gasteiger partial charge in [-0.1, -0.05) is 0 Å². The SMILES string of the molecule is COc1ccc2[nH]c3c(c2c1)CCN(c1nc(C(F)(F)F)cc(C(F)(F)F)n1)[C@H]3C[C@@H]1CCCOC1. The lowest BCUT2D eigenvalue weighted by Gasteiger charge is -2.38. The molecule has 2 aliphatic rings. The molecule has 2 aromatic heterocycles. The minimum atomic E-state index is -5.05. The van der Waals surface area contributed by atoms with Crippen molar-refractivity contribution in [1.82, 2.24) is 15.0 Å². The molecule has 0 aliphatic carbocycles. The Morgan fingerprint density at radius 1 is 1.08 bits per heavy atom. The fourth-order valence-electron chi connectivity index (χ4n) is 5.12. The maximum absolute atomic E-state index is 13.5. The van der Waals surface area contributed by atoms with Gasteiger partial charge in [0.25, 0.3) is 0 Å². The monoisotopic (exact) mass is 514 g/mol. The number of aromatic nitrogens is 3. The first-order valence-corrected chi connectivity index (χ1v) is 11.6. The number of nitrogens with zero attached hydrogens (tertiary/aromatic N) is 3. The molecule has 6 nitrogen and oxygen atoms in total. The minimum Gasteiger partial charge on any atom is -0.497 e. The van der Waals surface area contributed by atoms with E-state index in [0.717, 1.165) is 35.0 Å². The van der Waals surface area contributed by atoms with Crippen LogP contribution in [0.15, 0.2) is 24.3 Å². The van der Waals surface area contributed by atoms with E-state index in [1.54, 1.807) is 13.2 Å². The van der Waals surface area contributed by atoms with Gasteiger partial charge in [0.1, 0.15) is 5.75 Å². The van der Waals surface area contributed by atoms with Gasteiger partial charge in [0.05, 0.1) is 13.2 Å². The topological polar surface area (TPSA) is 63.3 Å². The maximum Gasteiger partial charge on any atom is 0.433 e. The third-order valence-electron chi connectivity index (χ3n) is 6.82. The number of aromatic amines is 1. The molecule has 1 N–H and O–H groups in total. The number of hydrogen-bond donors (Lipinski definition) is 1. The number of methoxy groups -OCH3 is 1. The summed E-state index contributed by atoms with van der Waals surface area (Å²) in [5.41, 5.74) is -0.721. The standard InChI is InChI=1S/C24H24F6N4O2/c1-35-14-4-5-17-16(10-14)15-6-7-34(18(21(15)31-17)9-13-3-2-8-36-12-13)22-32-19(23(25,26)27)11-20(33-22)24(28,29)30/h4-5,10-11,13,18,31H,2-3,6-9,12H2,1H3/t13-,18-/m0/s1. The molecule has 3 aromatic rings. The van der Waals surface area contributed by atoms with E-state index >= 15 is 0 Å². The summed E-state index contributed by atoms with van der Waals surface area (Å²) in [6.07, 6.45) is -7.55. The lowest BCUT2D eigenvalue weighted by Crippen LogP contribution is -2.39. The quantitative estimate of drug-likeness (QED) is 0.438. The summed E-state index contributed by atoms with van der Waals surface area (Å²) >= 11 is 0.